The first-order chi connectivity index (χ1) is 14.8. The van der Waals surface area contributed by atoms with Gasteiger partial charge in [0.25, 0.3) is 0 Å². The fourth-order valence-corrected chi connectivity index (χ4v) is 6.40. The van der Waals surface area contributed by atoms with Crippen LogP contribution >= 0.6 is 0 Å². The van der Waals surface area contributed by atoms with Crippen molar-refractivity contribution in [1.29, 1.82) is 0 Å². The Morgan fingerprint density at radius 2 is 1.10 bits per heavy atom. The molecule has 0 saturated carbocycles. The van der Waals surface area contributed by atoms with Crippen molar-refractivity contribution in [2.24, 2.45) is 4.99 Å². The second-order valence-corrected chi connectivity index (χ2v) is 9.39. The number of rotatable bonds is 4. The van der Waals surface area contributed by atoms with Crippen LogP contribution in [-0.2, 0) is 5.41 Å². The molecule has 0 atom stereocenters. The summed E-state index contributed by atoms with van der Waals surface area (Å²) in [5, 5.41) is 0. The maximum atomic E-state index is 14.3. The first-order valence-electron chi connectivity index (χ1n) is 9.87. The Hall–Kier alpha value is -3.26. The summed E-state index contributed by atoms with van der Waals surface area (Å²) in [6, 6.07) is 38.2. The third kappa shape index (κ3) is 3.04. The molecule has 0 saturated heterocycles. The van der Waals surface area contributed by atoms with E-state index in [1.165, 1.54) is 4.46 Å². The molecule has 5 rings (SSSR count). The molecule has 1 aliphatic heterocycles. The van der Waals surface area contributed by atoms with Crippen LogP contribution < -0.4 is 4.46 Å². The Morgan fingerprint density at radius 1 is 0.600 bits per heavy atom. The average molecular weight is 452 g/mol. The molecule has 4 aromatic rings. The summed E-state index contributed by atoms with van der Waals surface area (Å²) in [7, 11) is 0. The molecule has 0 aliphatic carbocycles. The molecular formula is C27H19NOSe. The van der Waals surface area contributed by atoms with Crippen molar-refractivity contribution >= 4 is 35.5 Å². The van der Waals surface area contributed by atoms with Crippen LogP contribution in [0.1, 0.15) is 21.5 Å². The number of para-hydroxylation sites is 1. The standard InChI is InChI=1S/C27H19NOSe/c29-25-23-18-10-11-19-24(23)28-26(30-22-16-8-3-9-17-22)27(25,20-12-4-1-5-13-20)21-14-6-2-7-15-21/h1-19H. The van der Waals surface area contributed by atoms with Crippen molar-refractivity contribution < 1.29 is 4.79 Å². The third-order valence-corrected chi connectivity index (χ3v) is 7.71. The molecule has 30 heavy (non-hydrogen) atoms. The molecule has 0 amide bonds. The Bertz CT molecular complexity index is 1180. The van der Waals surface area contributed by atoms with E-state index in [1.54, 1.807) is 0 Å². The van der Waals surface area contributed by atoms with Crippen LogP contribution in [0.15, 0.2) is 120 Å². The number of hydrogen-bond acceptors (Lipinski definition) is 2. The fourth-order valence-electron chi connectivity index (χ4n) is 4.01. The number of carbonyl (C=O) groups is 1. The van der Waals surface area contributed by atoms with Gasteiger partial charge in [-0.15, -0.1) is 0 Å². The normalized spacial score (nSPS) is 14.7. The fraction of sp³-hybridized carbons (Fsp3) is 0.0370. The van der Waals surface area contributed by atoms with Crippen LogP contribution in [0.25, 0.3) is 0 Å². The molecule has 1 aliphatic rings. The second kappa shape index (κ2) is 7.87. The number of benzene rings is 4. The Kier molecular flexibility index (Phi) is 4.92. The molecule has 0 bridgehead atoms. The van der Waals surface area contributed by atoms with Crippen molar-refractivity contribution in [2.45, 2.75) is 5.41 Å². The van der Waals surface area contributed by atoms with E-state index in [-0.39, 0.29) is 20.7 Å². The average Bonchev–Trinajstić information content (AvgIpc) is 2.81. The molecular weight excluding hydrogens is 433 g/mol. The van der Waals surface area contributed by atoms with Gasteiger partial charge in [0.05, 0.1) is 0 Å². The van der Waals surface area contributed by atoms with Gasteiger partial charge in [-0.1, -0.05) is 0 Å². The molecule has 144 valence electrons. The minimum atomic E-state index is -0.924. The molecule has 3 heteroatoms. The maximum absolute atomic E-state index is 14.3. The summed E-state index contributed by atoms with van der Waals surface area (Å²) < 4.78 is 2.12. The summed E-state index contributed by atoms with van der Waals surface area (Å²) >= 11 is -0.115. The SMILES string of the molecule is O=C1c2ccccc2N=C([Se]c2ccccc2)C1(c1ccccc1)c1ccccc1. The molecule has 2 nitrogen and oxygen atoms in total. The summed E-state index contributed by atoms with van der Waals surface area (Å²) in [4.78, 5) is 19.4. The van der Waals surface area contributed by atoms with E-state index in [2.05, 4.69) is 36.4 Å². The van der Waals surface area contributed by atoms with E-state index in [1.807, 2.05) is 78.9 Å². The molecule has 0 unspecified atom stereocenters. The van der Waals surface area contributed by atoms with Gasteiger partial charge in [0.15, 0.2) is 0 Å². The van der Waals surface area contributed by atoms with Crippen LogP contribution in [0.2, 0.25) is 0 Å². The van der Waals surface area contributed by atoms with E-state index in [0.717, 1.165) is 21.4 Å². The molecule has 4 aromatic carbocycles. The summed E-state index contributed by atoms with van der Waals surface area (Å²) in [6.07, 6.45) is 0. The Balaban J connectivity index is 1.83. The first-order valence-corrected chi connectivity index (χ1v) is 11.6. The number of nitrogens with zero attached hydrogens (tertiary/aromatic N) is 1. The van der Waals surface area contributed by atoms with Crippen molar-refractivity contribution in [1.82, 2.24) is 0 Å². The number of carbonyl (C=O) groups excluding carboxylic acids is 1. The van der Waals surface area contributed by atoms with Crippen LogP contribution in [0.3, 0.4) is 0 Å². The quantitative estimate of drug-likeness (QED) is 0.404. The van der Waals surface area contributed by atoms with Gasteiger partial charge in [-0.25, -0.2) is 0 Å². The van der Waals surface area contributed by atoms with E-state index in [0.29, 0.717) is 5.56 Å². The van der Waals surface area contributed by atoms with Gasteiger partial charge in [-0.2, -0.15) is 0 Å². The van der Waals surface area contributed by atoms with Gasteiger partial charge in [0.2, 0.25) is 0 Å². The third-order valence-electron chi connectivity index (χ3n) is 5.40. The van der Waals surface area contributed by atoms with Crippen molar-refractivity contribution in [3.8, 4) is 0 Å². The van der Waals surface area contributed by atoms with Crippen LogP contribution in [-0.4, -0.2) is 25.4 Å². The zero-order valence-electron chi connectivity index (χ0n) is 16.2. The van der Waals surface area contributed by atoms with E-state index in [9.17, 15) is 4.79 Å². The molecule has 0 N–H and O–H groups in total. The zero-order valence-corrected chi connectivity index (χ0v) is 17.9. The van der Waals surface area contributed by atoms with Crippen molar-refractivity contribution in [3.05, 3.63) is 132 Å². The van der Waals surface area contributed by atoms with Gasteiger partial charge >= 0.3 is 183 Å². The molecule has 0 fully saturated rings. The van der Waals surface area contributed by atoms with Gasteiger partial charge in [0, 0.05) is 0 Å². The molecule has 1 heterocycles. The Labute approximate surface area is 182 Å². The van der Waals surface area contributed by atoms with Gasteiger partial charge in [-0.05, 0) is 0 Å². The summed E-state index contributed by atoms with van der Waals surface area (Å²) in [6.45, 7) is 0. The van der Waals surface area contributed by atoms with E-state index >= 15 is 0 Å². The van der Waals surface area contributed by atoms with Crippen LogP contribution in [0, 0.1) is 0 Å². The van der Waals surface area contributed by atoms with E-state index in [4.69, 9.17) is 4.99 Å². The van der Waals surface area contributed by atoms with Crippen molar-refractivity contribution in [2.75, 3.05) is 0 Å². The predicted molar refractivity (Wildman–Crippen MR) is 123 cm³/mol. The molecule has 0 radical (unpaired) electrons. The van der Waals surface area contributed by atoms with Gasteiger partial charge < -0.3 is 0 Å². The topological polar surface area (TPSA) is 29.4 Å². The minimum absolute atomic E-state index is 0.0957. The summed E-state index contributed by atoms with van der Waals surface area (Å²) in [5.74, 6) is 0.0957. The number of aliphatic imine (C=N–C) groups is 1. The monoisotopic (exact) mass is 453 g/mol. The van der Waals surface area contributed by atoms with Gasteiger partial charge in [0.1, 0.15) is 0 Å². The number of fused-ring (bicyclic) bond motifs is 1. The summed E-state index contributed by atoms with van der Waals surface area (Å²) in [5.41, 5.74) is 2.45. The van der Waals surface area contributed by atoms with E-state index < -0.39 is 5.41 Å². The zero-order chi connectivity index (χ0) is 20.4. The first kappa shape index (κ1) is 18.7. The molecule has 0 aromatic heterocycles. The Morgan fingerprint density at radius 3 is 1.70 bits per heavy atom. The number of ketones is 1. The number of hydrogen-bond donors (Lipinski definition) is 0. The van der Waals surface area contributed by atoms with Crippen LogP contribution in [0.5, 0.6) is 0 Å². The van der Waals surface area contributed by atoms with Crippen molar-refractivity contribution in [3.63, 3.8) is 0 Å². The molecule has 0 spiro atoms. The van der Waals surface area contributed by atoms with Crippen LogP contribution in [0.4, 0.5) is 5.69 Å². The second-order valence-electron chi connectivity index (χ2n) is 7.16. The predicted octanol–water partition coefficient (Wildman–Crippen LogP) is 4.93. The number of Topliss-reactive ketones (excluding diaryl/α,β-unsaturated/α-hetero) is 1. The van der Waals surface area contributed by atoms with Gasteiger partial charge in [-0.3, -0.25) is 0 Å².